The number of likely N-dealkylation sites (tertiary alicyclic amines) is 1. The molecule has 0 aromatic carbocycles. The van der Waals surface area contributed by atoms with Crippen LogP contribution in [-0.4, -0.2) is 59.8 Å². The van der Waals surface area contributed by atoms with E-state index >= 15 is 0 Å². The van der Waals surface area contributed by atoms with E-state index in [2.05, 4.69) is 35.6 Å². The number of amides is 1. The summed E-state index contributed by atoms with van der Waals surface area (Å²) in [6, 6.07) is 8.72. The number of nitrogens with zero attached hydrogens (tertiary/aromatic N) is 6. The van der Waals surface area contributed by atoms with Gasteiger partial charge in [0.15, 0.2) is 5.76 Å². The molecule has 1 aliphatic rings. The van der Waals surface area contributed by atoms with Gasteiger partial charge in [-0.15, -0.1) is 0 Å². The average Bonchev–Trinajstić information content (AvgIpc) is 3.52. The lowest BCUT2D eigenvalue weighted by Crippen LogP contribution is -2.35. The van der Waals surface area contributed by atoms with Crippen molar-refractivity contribution in [1.82, 2.24) is 35.2 Å². The molecule has 1 unspecified atom stereocenters. The molecule has 11 nitrogen and oxygen atoms in total. The predicted octanol–water partition coefficient (Wildman–Crippen LogP) is 2.02. The monoisotopic (exact) mass is 432 g/mol. The Labute approximate surface area is 182 Å². The van der Waals surface area contributed by atoms with Gasteiger partial charge < -0.3 is 19.8 Å². The van der Waals surface area contributed by atoms with Crippen LogP contribution in [0.25, 0.3) is 22.8 Å². The lowest BCUT2D eigenvalue weighted by molar-refractivity contribution is -0.144. The quantitative estimate of drug-likeness (QED) is 0.431. The Balaban J connectivity index is 1.43. The SMILES string of the molecule is Cc1cn[nH]c1Nc1nccc(-c2cccc(-c3cc(C4(O)CCN(C)C4=O)on3)n2)n1. The number of aryl methyl sites for hydroxylation is 1. The molecule has 1 amide bonds. The molecule has 1 aliphatic heterocycles. The summed E-state index contributed by atoms with van der Waals surface area (Å²) in [6.07, 6.45) is 3.59. The second kappa shape index (κ2) is 7.54. The number of aromatic amines is 1. The number of likely N-dealkylation sites (N-methyl/N-ethyl adjacent to an activating group) is 1. The fourth-order valence-corrected chi connectivity index (χ4v) is 3.54. The van der Waals surface area contributed by atoms with Crippen LogP contribution in [0.2, 0.25) is 0 Å². The topological polar surface area (TPSA) is 146 Å². The van der Waals surface area contributed by atoms with Gasteiger partial charge in [-0.2, -0.15) is 5.10 Å². The van der Waals surface area contributed by atoms with Gasteiger partial charge in [0.2, 0.25) is 11.5 Å². The Morgan fingerprint density at radius 1 is 1.19 bits per heavy atom. The number of aromatic nitrogens is 6. The molecule has 1 atom stereocenters. The third-order valence-electron chi connectivity index (χ3n) is 5.42. The molecule has 0 radical (unpaired) electrons. The van der Waals surface area contributed by atoms with Crippen molar-refractivity contribution in [2.45, 2.75) is 18.9 Å². The molecule has 162 valence electrons. The molecule has 1 saturated heterocycles. The Kier molecular flexibility index (Phi) is 4.67. The molecule has 3 N–H and O–H groups in total. The van der Waals surface area contributed by atoms with E-state index in [1.807, 2.05) is 19.1 Å². The summed E-state index contributed by atoms with van der Waals surface area (Å²) in [6.45, 7) is 2.36. The summed E-state index contributed by atoms with van der Waals surface area (Å²) >= 11 is 0. The minimum atomic E-state index is -1.70. The highest BCUT2D eigenvalue weighted by molar-refractivity contribution is 5.87. The third kappa shape index (κ3) is 3.38. The van der Waals surface area contributed by atoms with E-state index in [9.17, 15) is 9.90 Å². The zero-order chi connectivity index (χ0) is 22.3. The van der Waals surface area contributed by atoms with E-state index < -0.39 is 11.5 Å². The minimum Gasteiger partial charge on any atom is -0.373 e. The fourth-order valence-electron chi connectivity index (χ4n) is 3.54. The van der Waals surface area contributed by atoms with E-state index in [0.29, 0.717) is 41.1 Å². The Morgan fingerprint density at radius 3 is 2.69 bits per heavy atom. The van der Waals surface area contributed by atoms with Gasteiger partial charge in [0, 0.05) is 37.8 Å². The van der Waals surface area contributed by atoms with Gasteiger partial charge in [-0.3, -0.25) is 9.89 Å². The third-order valence-corrected chi connectivity index (χ3v) is 5.42. The van der Waals surface area contributed by atoms with Gasteiger partial charge in [0.05, 0.1) is 23.3 Å². The fraction of sp³-hybridized carbons (Fsp3) is 0.238. The van der Waals surface area contributed by atoms with Gasteiger partial charge in [0.1, 0.15) is 11.5 Å². The maximum absolute atomic E-state index is 12.3. The number of hydrogen-bond donors (Lipinski definition) is 3. The van der Waals surface area contributed by atoms with Crippen molar-refractivity contribution >= 4 is 17.7 Å². The van der Waals surface area contributed by atoms with Crippen LogP contribution < -0.4 is 5.32 Å². The van der Waals surface area contributed by atoms with Crippen molar-refractivity contribution in [3.05, 3.63) is 54.0 Å². The van der Waals surface area contributed by atoms with E-state index in [0.717, 1.165) is 5.56 Å². The number of carbonyl (C=O) groups is 1. The molecule has 5 heterocycles. The summed E-state index contributed by atoms with van der Waals surface area (Å²) in [5, 5.41) is 24.7. The first-order valence-corrected chi connectivity index (χ1v) is 9.97. The van der Waals surface area contributed by atoms with Crippen molar-refractivity contribution in [3.8, 4) is 22.8 Å². The molecule has 0 bridgehead atoms. The number of aliphatic hydroxyl groups is 1. The van der Waals surface area contributed by atoms with Crippen LogP contribution in [-0.2, 0) is 10.4 Å². The number of hydrogen-bond acceptors (Lipinski definition) is 9. The van der Waals surface area contributed by atoms with Gasteiger partial charge in [-0.25, -0.2) is 15.0 Å². The highest BCUT2D eigenvalue weighted by Crippen LogP contribution is 2.34. The van der Waals surface area contributed by atoms with Crippen LogP contribution in [0.3, 0.4) is 0 Å². The van der Waals surface area contributed by atoms with Crippen molar-refractivity contribution in [1.29, 1.82) is 0 Å². The van der Waals surface area contributed by atoms with E-state index in [-0.39, 0.29) is 12.2 Å². The molecule has 5 rings (SSSR count). The van der Waals surface area contributed by atoms with E-state index in [4.69, 9.17) is 4.52 Å². The van der Waals surface area contributed by atoms with Crippen molar-refractivity contribution in [2.24, 2.45) is 0 Å². The first kappa shape index (κ1) is 19.8. The summed E-state index contributed by atoms with van der Waals surface area (Å²) in [5.74, 6) is 0.814. The zero-order valence-corrected chi connectivity index (χ0v) is 17.4. The lowest BCUT2D eigenvalue weighted by atomic mass is 9.98. The van der Waals surface area contributed by atoms with Crippen LogP contribution in [0.1, 0.15) is 17.7 Å². The minimum absolute atomic E-state index is 0.109. The van der Waals surface area contributed by atoms with Crippen molar-refractivity contribution < 1.29 is 14.4 Å². The summed E-state index contributed by atoms with van der Waals surface area (Å²) in [7, 11) is 1.64. The first-order chi connectivity index (χ1) is 15.4. The molecule has 4 aromatic heterocycles. The van der Waals surface area contributed by atoms with Crippen LogP contribution in [0.5, 0.6) is 0 Å². The van der Waals surface area contributed by atoms with Crippen LogP contribution in [0.4, 0.5) is 11.8 Å². The number of anilines is 2. The molecule has 0 saturated carbocycles. The Hall–Kier alpha value is -4.12. The second-order valence-electron chi connectivity index (χ2n) is 7.64. The van der Waals surface area contributed by atoms with Crippen molar-refractivity contribution in [3.63, 3.8) is 0 Å². The van der Waals surface area contributed by atoms with Gasteiger partial charge in [-0.05, 0) is 25.1 Å². The number of pyridine rings is 1. The predicted molar refractivity (Wildman–Crippen MR) is 114 cm³/mol. The van der Waals surface area contributed by atoms with Crippen LogP contribution >= 0.6 is 0 Å². The maximum atomic E-state index is 12.3. The van der Waals surface area contributed by atoms with Gasteiger partial charge >= 0.3 is 0 Å². The lowest BCUT2D eigenvalue weighted by Gasteiger charge is -2.16. The highest BCUT2D eigenvalue weighted by Gasteiger charge is 2.48. The summed E-state index contributed by atoms with van der Waals surface area (Å²) < 4.78 is 5.33. The largest absolute Gasteiger partial charge is 0.373 e. The molecule has 4 aromatic rings. The zero-order valence-electron chi connectivity index (χ0n) is 17.4. The number of H-pyrrole nitrogens is 1. The molecule has 11 heteroatoms. The summed E-state index contributed by atoms with van der Waals surface area (Å²) in [5.41, 5.74) is 1.39. The van der Waals surface area contributed by atoms with Crippen LogP contribution in [0.15, 0.2) is 47.2 Å². The Bertz CT molecular complexity index is 1300. The first-order valence-electron chi connectivity index (χ1n) is 9.97. The number of nitrogens with one attached hydrogen (secondary N) is 2. The molecular formula is C21H20N8O3. The van der Waals surface area contributed by atoms with E-state index in [1.165, 1.54) is 4.90 Å². The standard InChI is InChI=1S/C21H20N8O3/c1-12-11-23-27-18(12)26-20-22-8-6-15(25-20)13-4-3-5-14(24-13)16-10-17(32-28-16)21(31)7-9-29(2)19(21)30/h3-6,8,10-11,31H,7,9H2,1-2H3,(H2,22,23,25,26,27). The Morgan fingerprint density at radius 2 is 1.97 bits per heavy atom. The molecule has 0 spiro atoms. The van der Waals surface area contributed by atoms with E-state index in [1.54, 1.807) is 37.6 Å². The molecule has 32 heavy (non-hydrogen) atoms. The van der Waals surface area contributed by atoms with Crippen LogP contribution in [0, 0.1) is 6.92 Å². The smallest absolute Gasteiger partial charge is 0.262 e. The highest BCUT2D eigenvalue weighted by atomic mass is 16.5. The normalized spacial score (nSPS) is 18.3. The van der Waals surface area contributed by atoms with Gasteiger partial charge in [-0.1, -0.05) is 11.2 Å². The molecule has 1 fully saturated rings. The number of carbonyl (C=O) groups excluding carboxylic acids is 1. The second-order valence-corrected chi connectivity index (χ2v) is 7.64. The van der Waals surface area contributed by atoms with Gasteiger partial charge in [0.25, 0.3) is 5.91 Å². The molecular weight excluding hydrogens is 412 g/mol. The molecule has 0 aliphatic carbocycles. The average molecular weight is 432 g/mol. The maximum Gasteiger partial charge on any atom is 0.262 e. The van der Waals surface area contributed by atoms with Crippen molar-refractivity contribution in [2.75, 3.05) is 18.9 Å². The summed E-state index contributed by atoms with van der Waals surface area (Å²) in [4.78, 5) is 27.2. The number of rotatable bonds is 5.